The Morgan fingerprint density at radius 1 is 1.19 bits per heavy atom. The van der Waals surface area contributed by atoms with Crippen molar-refractivity contribution in [3.05, 3.63) is 12.2 Å². The Bertz CT molecular complexity index is 666. The number of rotatable bonds is 2. The average Bonchev–Trinajstić information content (AvgIpc) is 2.63. The van der Waals surface area contributed by atoms with Crippen molar-refractivity contribution in [1.29, 1.82) is 0 Å². The number of aliphatic hydroxyl groups is 2. The van der Waals surface area contributed by atoms with Crippen molar-refractivity contribution in [2.75, 3.05) is 19.7 Å². The summed E-state index contributed by atoms with van der Waals surface area (Å²) in [7, 11) is 0. The molecule has 2 spiro atoms. The molecule has 26 heavy (non-hydrogen) atoms. The van der Waals surface area contributed by atoms with Crippen LogP contribution in [0.25, 0.3) is 0 Å². The molecule has 4 nitrogen and oxygen atoms in total. The Labute approximate surface area is 156 Å². The molecule has 3 aliphatic heterocycles. The van der Waals surface area contributed by atoms with Crippen LogP contribution in [0.2, 0.25) is 0 Å². The zero-order valence-corrected chi connectivity index (χ0v) is 16.0. The van der Waals surface area contributed by atoms with Crippen LogP contribution in [0.15, 0.2) is 12.2 Å². The summed E-state index contributed by atoms with van der Waals surface area (Å²) < 4.78 is 6.86. The van der Waals surface area contributed by atoms with Crippen molar-refractivity contribution in [3.63, 3.8) is 0 Å². The molecule has 8 fully saturated rings. The molecule has 7 bridgehead atoms. The van der Waals surface area contributed by atoms with E-state index in [4.69, 9.17) is 4.74 Å². The first kappa shape index (κ1) is 16.5. The Kier molecular flexibility index (Phi) is 3.14. The monoisotopic (exact) mass is 359 g/mol. The number of hydrogen-bond donors (Lipinski definition) is 2. The number of β-amino-alcohol motifs (C(OH)–C–C–N with tert-alkyl or cyclic N) is 1. The summed E-state index contributed by atoms with van der Waals surface area (Å²) in [6.07, 6.45) is 8.43. The number of hydrogen-bond acceptors (Lipinski definition) is 4. The summed E-state index contributed by atoms with van der Waals surface area (Å²) >= 11 is 0. The Hall–Kier alpha value is -0.420. The molecule has 5 aliphatic carbocycles. The van der Waals surface area contributed by atoms with Gasteiger partial charge < -0.3 is 14.9 Å². The van der Waals surface area contributed by atoms with E-state index < -0.39 is 0 Å². The van der Waals surface area contributed by atoms with E-state index in [0.717, 1.165) is 37.4 Å². The molecule has 3 saturated heterocycles. The predicted octanol–water partition coefficient (Wildman–Crippen LogP) is 2.55. The summed E-state index contributed by atoms with van der Waals surface area (Å²) in [6.45, 7) is 8.80. The van der Waals surface area contributed by atoms with Gasteiger partial charge in [0.05, 0.1) is 18.8 Å². The maximum atomic E-state index is 11.3. The molecule has 3 heterocycles. The molecule has 0 aromatic carbocycles. The molecule has 5 saturated carbocycles. The van der Waals surface area contributed by atoms with Crippen LogP contribution in [0, 0.1) is 34.0 Å². The standard InChI is InChI=1S/C22H33NO3/c1-13-14-4-7-22(18(13)25)16(10-14)21-6-3-5-20(2)12-23(8-9-24)19(21)26-17(22)11-15(20)21/h14-19,24-25H,1,3-12H2,2H3/t14-,15+,16-,17+,18-,19?,20-,21-,22+/m0/s1. The molecule has 9 atom stereocenters. The molecule has 0 aromatic rings. The van der Waals surface area contributed by atoms with Gasteiger partial charge in [-0.05, 0) is 67.3 Å². The van der Waals surface area contributed by atoms with Gasteiger partial charge in [-0.15, -0.1) is 0 Å². The van der Waals surface area contributed by atoms with Gasteiger partial charge >= 0.3 is 0 Å². The van der Waals surface area contributed by atoms with Crippen LogP contribution < -0.4 is 0 Å². The third kappa shape index (κ3) is 1.57. The maximum absolute atomic E-state index is 11.3. The molecule has 8 aliphatic rings. The second kappa shape index (κ2) is 4.94. The molecule has 0 radical (unpaired) electrons. The van der Waals surface area contributed by atoms with Gasteiger partial charge in [-0.3, -0.25) is 4.90 Å². The van der Waals surface area contributed by atoms with Crippen molar-refractivity contribution in [2.24, 2.45) is 34.0 Å². The van der Waals surface area contributed by atoms with Gasteiger partial charge in [-0.2, -0.15) is 0 Å². The van der Waals surface area contributed by atoms with Gasteiger partial charge in [0, 0.05) is 23.9 Å². The van der Waals surface area contributed by atoms with Crippen LogP contribution in [0.5, 0.6) is 0 Å². The third-order valence-electron chi connectivity index (χ3n) is 10.1. The van der Waals surface area contributed by atoms with Crippen LogP contribution in [0.3, 0.4) is 0 Å². The summed E-state index contributed by atoms with van der Waals surface area (Å²) in [4.78, 5) is 2.47. The highest BCUT2D eigenvalue weighted by molar-refractivity contribution is 5.32. The lowest BCUT2D eigenvalue weighted by atomic mass is 9.32. The average molecular weight is 360 g/mol. The molecule has 8 rings (SSSR count). The fraction of sp³-hybridized carbons (Fsp3) is 0.909. The topological polar surface area (TPSA) is 52.9 Å². The first-order chi connectivity index (χ1) is 12.5. The summed E-state index contributed by atoms with van der Waals surface area (Å²) in [5, 5.41) is 21.0. The largest absolute Gasteiger partial charge is 0.395 e. The van der Waals surface area contributed by atoms with Gasteiger partial charge in [-0.1, -0.05) is 19.9 Å². The van der Waals surface area contributed by atoms with Gasteiger partial charge in [0.15, 0.2) is 0 Å². The van der Waals surface area contributed by atoms with E-state index in [-0.39, 0.29) is 35.9 Å². The summed E-state index contributed by atoms with van der Waals surface area (Å²) in [5.41, 5.74) is 1.53. The molecule has 2 N–H and O–H groups in total. The van der Waals surface area contributed by atoms with Gasteiger partial charge in [0.1, 0.15) is 6.23 Å². The number of fused-ring (bicyclic) bond motifs is 2. The van der Waals surface area contributed by atoms with Crippen LogP contribution in [0.4, 0.5) is 0 Å². The SMILES string of the molecule is C=C1[C@H]2CC[C@@]3([C@H]4C[C@@H]5[C@@]6(C)CCC[C@@]5(C(O4)N(CCO)C6)[C@@H]3C2)[C@H]1O. The normalized spacial score (nSPS) is 60.2. The maximum Gasteiger partial charge on any atom is 0.117 e. The lowest BCUT2D eigenvalue weighted by Gasteiger charge is -2.79. The van der Waals surface area contributed by atoms with E-state index >= 15 is 0 Å². The summed E-state index contributed by atoms with van der Waals surface area (Å²) in [6, 6.07) is 0. The van der Waals surface area contributed by atoms with E-state index in [9.17, 15) is 10.2 Å². The smallest absolute Gasteiger partial charge is 0.117 e. The van der Waals surface area contributed by atoms with E-state index in [1.165, 1.54) is 32.1 Å². The van der Waals surface area contributed by atoms with Gasteiger partial charge in [0.25, 0.3) is 0 Å². The van der Waals surface area contributed by atoms with Crippen molar-refractivity contribution >= 4 is 0 Å². The number of nitrogens with zero attached hydrogens (tertiary/aromatic N) is 1. The number of aliphatic hydroxyl groups excluding tert-OH is 2. The zero-order valence-electron chi connectivity index (χ0n) is 16.0. The van der Waals surface area contributed by atoms with Crippen molar-refractivity contribution in [1.82, 2.24) is 4.90 Å². The lowest BCUT2D eigenvalue weighted by Crippen LogP contribution is -2.82. The van der Waals surface area contributed by atoms with Crippen molar-refractivity contribution < 1.29 is 14.9 Å². The third-order valence-corrected chi connectivity index (χ3v) is 10.1. The number of piperidine rings is 1. The fourth-order valence-electron chi connectivity index (χ4n) is 9.30. The molecule has 144 valence electrons. The number of ether oxygens (including phenoxy) is 1. The molecule has 4 heteroatoms. The zero-order chi connectivity index (χ0) is 17.9. The molecule has 0 aromatic heterocycles. The van der Waals surface area contributed by atoms with Crippen molar-refractivity contribution in [2.45, 2.75) is 70.3 Å². The molecular formula is C22H33NO3. The minimum atomic E-state index is -0.373. The van der Waals surface area contributed by atoms with Gasteiger partial charge in [0.2, 0.25) is 0 Å². The molecule has 1 unspecified atom stereocenters. The predicted molar refractivity (Wildman–Crippen MR) is 98.2 cm³/mol. The first-order valence-electron chi connectivity index (χ1n) is 10.8. The second-order valence-electron chi connectivity index (χ2n) is 10.7. The van der Waals surface area contributed by atoms with Crippen LogP contribution in [0.1, 0.15) is 51.9 Å². The highest BCUT2D eigenvalue weighted by Gasteiger charge is 2.78. The second-order valence-corrected chi connectivity index (χ2v) is 10.7. The Morgan fingerprint density at radius 3 is 2.85 bits per heavy atom. The fourth-order valence-corrected chi connectivity index (χ4v) is 9.30. The van der Waals surface area contributed by atoms with Gasteiger partial charge in [-0.25, -0.2) is 0 Å². The molecule has 0 amide bonds. The van der Waals surface area contributed by atoms with E-state index in [1.54, 1.807) is 0 Å². The van der Waals surface area contributed by atoms with Crippen molar-refractivity contribution in [3.8, 4) is 0 Å². The van der Waals surface area contributed by atoms with Crippen LogP contribution >= 0.6 is 0 Å². The highest BCUT2D eigenvalue weighted by Crippen LogP contribution is 2.78. The van der Waals surface area contributed by atoms with Crippen LogP contribution in [-0.2, 0) is 4.74 Å². The van der Waals surface area contributed by atoms with Crippen LogP contribution in [-0.4, -0.2) is 53.2 Å². The lowest BCUT2D eigenvalue weighted by molar-refractivity contribution is -0.405. The molecular weight excluding hydrogens is 326 g/mol. The quantitative estimate of drug-likeness (QED) is 0.744. The minimum Gasteiger partial charge on any atom is -0.395 e. The Morgan fingerprint density at radius 2 is 2.04 bits per heavy atom. The summed E-state index contributed by atoms with van der Waals surface area (Å²) in [5.74, 6) is 1.79. The highest BCUT2D eigenvalue weighted by atomic mass is 16.5. The minimum absolute atomic E-state index is 0.0840. The van der Waals surface area contributed by atoms with E-state index in [1.807, 2.05) is 0 Å². The Balaban J connectivity index is 1.53. The number of likely N-dealkylation sites (tertiary alicyclic amines) is 1. The van der Waals surface area contributed by atoms with E-state index in [2.05, 4.69) is 18.4 Å². The van der Waals surface area contributed by atoms with E-state index in [0.29, 0.717) is 17.3 Å². The first-order valence-corrected chi connectivity index (χ1v) is 10.8.